The van der Waals surface area contributed by atoms with Gasteiger partial charge >= 0.3 is 5.97 Å². The molecule has 1 aliphatic rings. The molecule has 2 amide bonds. The largest absolute Gasteiger partial charge is 0.454 e. The van der Waals surface area contributed by atoms with Crippen molar-refractivity contribution in [3.63, 3.8) is 0 Å². The van der Waals surface area contributed by atoms with E-state index >= 15 is 0 Å². The van der Waals surface area contributed by atoms with Crippen LogP contribution in [0.3, 0.4) is 0 Å². The van der Waals surface area contributed by atoms with Gasteiger partial charge in [-0.3, -0.25) is 24.5 Å². The molecule has 1 N–H and O–H groups in total. The number of hydrogen-bond acceptors (Lipinski definition) is 6. The smallest absolute Gasteiger partial charge is 0.325 e. The lowest BCUT2D eigenvalue weighted by molar-refractivity contribution is -0.384. The van der Waals surface area contributed by atoms with Crippen molar-refractivity contribution < 1.29 is 24.0 Å². The maximum atomic E-state index is 12.5. The summed E-state index contributed by atoms with van der Waals surface area (Å²) >= 11 is 3.26. The van der Waals surface area contributed by atoms with Crippen LogP contribution in [0.15, 0.2) is 46.9 Å². The van der Waals surface area contributed by atoms with Gasteiger partial charge in [0.2, 0.25) is 0 Å². The van der Waals surface area contributed by atoms with Gasteiger partial charge < -0.3 is 15.0 Å². The molecule has 156 valence electrons. The van der Waals surface area contributed by atoms with E-state index in [1.165, 1.54) is 23.1 Å². The number of benzene rings is 2. The first-order chi connectivity index (χ1) is 14.3. The van der Waals surface area contributed by atoms with Gasteiger partial charge in [0.1, 0.15) is 6.54 Å². The fourth-order valence-corrected chi connectivity index (χ4v) is 3.51. The Morgan fingerprint density at radius 1 is 1.20 bits per heavy atom. The predicted octanol–water partition coefficient (Wildman–Crippen LogP) is 2.61. The van der Waals surface area contributed by atoms with Crippen molar-refractivity contribution in [3.8, 4) is 0 Å². The highest BCUT2D eigenvalue weighted by atomic mass is 79.9. The third-order valence-corrected chi connectivity index (χ3v) is 5.02. The first kappa shape index (κ1) is 21.4. The summed E-state index contributed by atoms with van der Waals surface area (Å²) < 4.78 is 5.71. The fourth-order valence-electron chi connectivity index (χ4n) is 3.11. The normalized spacial score (nSPS) is 12.6. The molecular formula is C20H18BrN3O6. The van der Waals surface area contributed by atoms with Crippen molar-refractivity contribution in [2.24, 2.45) is 0 Å². The lowest BCUT2D eigenvalue weighted by Crippen LogP contribution is -2.39. The standard InChI is InChI=1S/C20H18BrN3O6/c21-15-5-1-3-14(9-15)20(27)22-11-19(26)30-12-18(25)23-8-2-4-13-10-16(24(28)29)6-7-17(13)23/h1,3,5-7,9-10H,2,4,8,11-12H2,(H,22,27). The Kier molecular flexibility index (Phi) is 6.78. The minimum absolute atomic E-state index is 0.0318. The number of nitrogens with one attached hydrogen (secondary N) is 1. The molecule has 0 spiro atoms. The van der Waals surface area contributed by atoms with Crippen molar-refractivity contribution in [1.29, 1.82) is 0 Å². The van der Waals surface area contributed by atoms with Gasteiger partial charge in [0.25, 0.3) is 17.5 Å². The molecular weight excluding hydrogens is 458 g/mol. The van der Waals surface area contributed by atoms with Crippen LogP contribution in [0.4, 0.5) is 11.4 Å². The van der Waals surface area contributed by atoms with E-state index < -0.39 is 29.3 Å². The second-order valence-electron chi connectivity index (χ2n) is 6.57. The molecule has 2 aromatic carbocycles. The maximum absolute atomic E-state index is 12.5. The number of hydrogen-bond donors (Lipinski definition) is 1. The van der Waals surface area contributed by atoms with Crippen molar-refractivity contribution in [2.45, 2.75) is 12.8 Å². The number of fused-ring (bicyclic) bond motifs is 1. The van der Waals surface area contributed by atoms with Crippen LogP contribution in [-0.4, -0.2) is 42.4 Å². The lowest BCUT2D eigenvalue weighted by Gasteiger charge is -2.29. The average molecular weight is 476 g/mol. The van der Waals surface area contributed by atoms with Crippen LogP contribution in [0, 0.1) is 10.1 Å². The van der Waals surface area contributed by atoms with Gasteiger partial charge in [-0.1, -0.05) is 22.0 Å². The van der Waals surface area contributed by atoms with E-state index in [2.05, 4.69) is 21.2 Å². The second-order valence-corrected chi connectivity index (χ2v) is 7.49. The van der Waals surface area contributed by atoms with Crippen molar-refractivity contribution in [2.75, 3.05) is 24.6 Å². The molecule has 2 aromatic rings. The zero-order valence-electron chi connectivity index (χ0n) is 15.8. The SMILES string of the molecule is O=C(CNC(=O)c1cccc(Br)c1)OCC(=O)N1CCCc2cc([N+](=O)[O-])ccc21. The molecule has 0 radical (unpaired) electrons. The van der Waals surface area contributed by atoms with Gasteiger partial charge in [-0.2, -0.15) is 0 Å². The summed E-state index contributed by atoms with van der Waals surface area (Å²) in [4.78, 5) is 48.4. The monoisotopic (exact) mass is 475 g/mol. The number of anilines is 1. The summed E-state index contributed by atoms with van der Waals surface area (Å²) in [6, 6.07) is 11.0. The Bertz CT molecular complexity index is 1010. The predicted molar refractivity (Wildman–Crippen MR) is 111 cm³/mol. The molecule has 30 heavy (non-hydrogen) atoms. The van der Waals surface area contributed by atoms with Gasteiger partial charge in [-0.05, 0) is 42.7 Å². The number of aryl methyl sites for hydroxylation is 1. The summed E-state index contributed by atoms with van der Waals surface area (Å²) in [7, 11) is 0. The third kappa shape index (κ3) is 5.20. The molecule has 1 heterocycles. The van der Waals surface area contributed by atoms with Gasteiger partial charge in [0.15, 0.2) is 6.61 Å². The fraction of sp³-hybridized carbons (Fsp3) is 0.250. The Labute approximate surface area is 180 Å². The first-order valence-electron chi connectivity index (χ1n) is 9.12. The number of esters is 1. The summed E-state index contributed by atoms with van der Waals surface area (Å²) in [5.74, 6) is -1.62. The molecule has 1 aliphatic heterocycles. The third-order valence-electron chi connectivity index (χ3n) is 4.53. The Morgan fingerprint density at radius 3 is 2.73 bits per heavy atom. The summed E-state index contributed by atoms with van der Waals surface area (Å²) in [5.41, 5.74) is 1.63. The Morgan fingerprint density at radius 2 is 2.00 bits per heavy atom. The number of carbonyl (C=O) groups is 3. The number of non-ortho nitro benzene ring substituents is 1. The topological polar surface area (TPSA) is 119 Å². The zero-order chi connectivity index (χ0) is 21.7. The summed E-state index contributed by atoms with van der Waals surface area (Å²) in [5, 5.41) is 13.4. The van der Waals surface area contributed by atoms with Crippen molar-refractivity contribution in [1.82, 2.24) is 5.32 Å². The second kappa shape index (κ2) is 9.49. The molecule has 0 bridgehead atoms. The molecule has 0 aliphatic carbocycles. The molecule has 0 unspecified atom stereocenters. The van der Waals surface area contributed by atoms with Gasteiger partial charge in [0, 0.05) is 34.4 Å². The van der Waals surface area contributed by atoms with Crippen LogP contribution < -0.4 is 10.2 Å². The number of nitrogens with zero attached hydrogens (tertiary/aromatic N) is 2. The number of amides is 2. The summed E-state index contributed by atoms with van der Waals surface area (Å²) in [6.45, 7) is -0.426. The van der Waals surface area contributed by atoms with Crippen LogP contribution in [-0.2, 0) is 20.7 Å². The number of nitro benzene ring substituents is 1. The first-order valence-corrected chi connectivity index (χ1v) is 9.91. The van der Waals surface area contributed by atoms with E-state index in [-0.39, 0.29) is 12.2 Å². The quantitative estimate of drug-likeness (QED) is 0.389. The molecule has 3 rings (SSSR count). The van der Waals surface area contributed by atoms with Gasteiger partial charge in [-0.25, -0.2) is 0 Å². The lowest BCUT2D eigenvalue weighted by atomic mass is 10.0. The molecule has 0 saturated carbocycles. The van der Waals surface area contributed by atoms with Gasteiger partial charge in [-0.15, -0.1) is 0 Å². The molecule has 0 aromatic heterocycles. The van der Waals surface area contributed by atoms with E-state index in [1.54, 1.807) is 24.3 Å². The van der Waals surface area contributed by atoms with Crippen molar-refractivity contribution in [3.05, 3.63) is 68.2 Å². The zero-order valence-corrected chi connectivity index (χ0v) is 17.4. The average Bonchev–Trinajstić information content (AvgIpc) is 2.74. The molecule has 9 nitrogen and oxygen atoms in total. The van der Waals surface area contributed by atoms with Crippen LogP contribution in [0.2, 0.25) is 0 Å². The molecule has 0 fully saturated rings. The highest BCUT2D eigenvalue weighted by Crippen LogP contribution is 2.30. The Hall–Kier alpha value is -3.27. The maximum Gasteiger partial charge on any atom is 0.325 e. The van der Waals surface area contributed by atoms with E-state index in [1.807, 2.05) is 0 Å². The highest BCUT2D eigenvalue weighted by molar-refractivity contribution is 9.10. The van der Waals surface area contributed by atoms with Crippen molar-refractivity contribution >= 4 is 45.1 Å². The number of nitro groups is 1. The molecule has 10 heteroatoms. The number of carbonyl (C=O) groups excluding carboxylic acids is 3. The van der Waals surface area contributed by atoms with E-state index in [9.17, 15) is 24.5 Å². The Balaban J connectivity index is 1.53. The van der Waals surface area contributed by atoms with Crippen LogP contribution in [0.5, 0.6) is 0 Å². The van der Waals surface area contributed by atoms with Crippen LogP contribution in [0.25, 0.3) is 0 Å². The molecule has 0 saturated heterocycles. The van der Waals surface area contributed by atoms with Gasteiger partial charge in [0.05, 0.1) is 4.92 Å². The molecule has 0 atom stereocenters. The van der Waals surface area contributed by atoms with Crippen LogP contribution in [0.1, 0.15) is 22.3 Å². The number of ether oxygens (including phenoxy) is 1. The minimum atomic E-state index is -0.743. The van der Waals surface area contributed by atoms with E-state index in [0.29, 0.717) is 36.2 Å². The minimum Gasteiger partial charge on any atom is -0.454 e. The van der Waals surface area contributed by atoms with Crippen LogP contribution >= 0.6 is 15.9 Å². The number of rotatable bonds is 6. The summed E-state index contributed by atoms with van der Waals surface area (Å²) in [6.07, 6.45) is 1.28. The highest BCUT2D eigenvalue weighted by Gasteiger charge is 2.25. The number of halogens is 1. The van der Waals surface area contributed by atoms with E-state index in [4.69, 9.17) is 4.74 Å². The van der Waals surface area contributed by atoms with E-state index in [0.717, 1.165) is 4.47 Å².